The third kappa shape index (κ3) is 5.47. The van der Waals surface area contributed by atoms with Crippen molar-refractivity contribution in [3.63, 3.8) is 0 Å². The Morgan fingerprint density at radius 1 is 1.04 bits per heavy atom. The van der Waals surface area contributed by atoms with E-state index in [9.17, 15) is 14.4 Å². The molecule has 0 saturated carbocycles. The minimum absolute atomic E-state index is 0.0194. The smallest absolute Gasteiger partial charge is 0.409 e. The zero-order chi connectivity index (χ0) is 19.1. The van der Waals surface area contributed by atoms with Gasteiger partial charge in [0.2, 0.25) is 5.91 Å². The predicted octanol–water partition coefficient (Wildman–Crippen LogP) is 1.70. The average Bonchev–Trinajstić information content (AvgIpc) is 2.66. The fraction of sp³-hybridized carbons (Fsp3) is 0.526. The van der Waals surface area contributed by atoms with Crippen molar-refractivity contribution in [2.45, 2.75) is 13.8 Å². The fourth-order valence-corrected chi connectivity index (χ4v) is 2.64. The normalized spacial score (nSPS) is 14.3. The summed E-state index contributed by atoms with van der Waals surface area (Å²) < 4.78 is 5.21. The summed E-state index contributed by atoms with van der Waals surface area (Å²) in [4.78, 5) is 41.4. The maximum atomic E-state index is 12.4. The second-order valence-electron chi connectivity index (χ2n) is 6.87. The molecule has 1 saturated heterocycles. The molecule has 0 atom stereocenters. The van der Waals surface area contributed by atoms with Gasteiger partial charge in [-0.1, -0.05) is 32.0 Å². The fourth-order valence-electron chi connectivity index (χ4n) is 2.64. The Morgan fingerprint density at radius 3 is 2.19 bits per heavy atom. The number of hydrogen-bond donors (Lipinski definition) is 0. The van der Waals surface area contributed by atoms with E-state index in [0.717, 1.165) is 0 Å². The van der Waals surface area contributed by atoms with Crippen LogP contribution in [0.5, 0.6) is 0 Å². The van der Waals surface area contributed by atoms with Crippen LogP contribution < -0.4 is 0 Å². The standard InChI is InChI=1S/C19H27N3O4/c1-15(2)14-26-19(25)22-11-9-21(10-12-22)17(23)13-20(3)18(24)16-7-5-4-6-8-16/h4-8,15H,9-14H2,1-3H3. The molecule has 1 heterocycles. The van der Waals surface area contributed by atoms with Crippen LogP contribution in [0.25, 0.3) is 0 Å². The first kappa shape index (κ1) is 19.8. The molecule has 3 amide bonds. The first-order valence-corrected chi connectivity index (χ1v) is 8.88. The number of hydrogen-bond acceptors (Lipinski definition) is 4. The second-order valence-corrected chi connectivity index (χ2v) is 6.87. The molecule has 1 aliphatic rings. The van der Waals surface area contributed by atoms with E-state index in [1.54, 1.807) is 41.1 Å². The zero-order valence-corrected chi connectivity index (χ0v) is 15.7. The summed E-state index contributed by atoms with van der Waals surface area (Å²) in [5, 5.41) is 0. The highest BCUT2D eigenvalue weighted by atomic mass is 16.6. The minimum Gasteiger partial charge on any atom is -0.449 e. The van der Waals surface area contributed by atoms with E-state index in [4.69, 9.17) is 4.74 Å². The van der Waals surface area contributed by atoms with Crippen molar-refractivity contribution >= 4 is 17.9 Å². The Kier molecular flexibility index (Phi) is 7.00. The molecule has 0 aromatic heterocycles. The number of carbonyl (C=O) groups is 3. The minimum atomic E-state index is -0.331. The Hall–Kier alpha value is -2.57. The zero-order valence-electron chi connectivity index (χ0n) is 15.7. The van der Waals surface area contributed by atoms with Crippen LogP contribution in [0.1, 0.15) is 24.2 Å². The topological polar surface area (TPSA) is 70.2 Å². The van der Waals surface area contributed by atoms with Gasteiger partial charge in [-0.3, -0.25) is 9.59 Å². The summed E-state index contributed by atoms with van der Waals surface area (Å²) in [5.41, 5.74) is 0.556. The second kappa shape index (κ2) is 9.22. The van der Waals surface area contributed by atoms with Crippen molar-refractivity contribution in [2.24, 2.45) is 5.92 Å². The highest BCUT2D eigenvalue weighted by molar-refractivity contribution is 5.96. The van der Waals surface area contributed by atoms with Gasteiger partial charge in [0.1, 0.15) is 0 Å². The predicted molar refractivity (Wildman–Crippen MR) is 97.7 cm³/mol. The SMILES string of the molecule is CC(C)COC(=O)N1CCN(C(=O)CN(C)C(=O)c2ccccc2)CC1. The van der Waals surface area contributed by atoms with Crippen LogP contribution in [0.3, 0.4) is 0 Å². The van der Waals surface area contributed by atoms with Gasteiger partial charge in [-0.05, 0) is 18.1 Å². The van der Waals surface area contributed by atoms with E-state index in [0.29, 0.717) is 44.3 Å². The molecule has 0 radical (unpaired) electrons. The van der Waals surface area contributed by atoms with Gasteiger partial charge in [-0.2, -0.15) is 0 Å². The average molecular weight is 361 g/mol. The van der Waals surface area contributed by atoms with Crippen LogP contribution in [0.15, 0.2) is 30.3 Å². The van der Waals surface area contributed by atoms with E-state index in [-0.39, 0.29) is 24.5 Å². The molecular weight excluding hydrogens is 334 g/mol. The van der Waals surface area contributed by atoms with Gasteiger partial charge in [0.25, 0.3) is 5.91 Å². The molecule has 0 spiro atoms. The number of amides is 3. The van der Waals surface area contributed by atoms with Crippen molar-refractivity contribution in [3.05, 3.63) is 35.9 Å². The number of nitrogens with zero attached hydrogens (tertiary/aromatic N) is 3. The van der Waals surface area contributed by atoms with Gasteiger partial charge in [-0.25, -0.2) is 4.79 Å². The summed E-state index contributed by atoms with van der Waals surface area (Å²) in [6, 6.07) is 8.88. The molecule has 1 aromatic rings. The lowest BCUT2D eigenvalue weighted by atomic mass is 10.2. The van der Waals surface area contributed by atoms with E-state index >= 15 is 0 Å². The van der Waals surface area contributed by atoms with Crippen molar-refractivity contribution in [1.29, 1.82) is 0 Å². The third-order valence-electron chi connectivity index (χ3n) is 4.17. The van der Waals surface area contributed by atoms with Gasteiger partial charge in [0.15, 0.2) is 0 Å². The van der Waals surface area contributed by atoms with Crippen LogP contribution in [-0.2, 0) is 9.53 Å². The number of benzene rings is 1. The molecule has 142 valence electrons. The van der Waals surface area contributed by atoms with Crippen LogP contribution in [0.2, 0.25) is 0 Å². The van der Waals surface area contributed by atoms with Gasteiger partial charge >= 0.3 is 6.09 Å². The van der Waals surface area contributed by atoms with E-state index in [2.05, 4.69) is 0 Å². The molecule has 1 aliphatic heterocycles. The first-order chi connectivity index (χ1) is 12.4. The third-order valence-corrected chi connectivity index (χ3v) is 4.17. The molecular formula is C19H27N3O4. The number of piperazine rings is 1. The number of ether oxygens (including phenoxy) is 1. The van der Waals surface area contributed by atoms with Crippen molar-refractivity contribution in [1.82, 2.24) is 14.7 Å². The summed E-state index contributed by atoms with van der Waals surface area (Å²) in [6.45, 7) is 6.16. The van der Waals surface area contributed by atoms with Crippen LogP contribution >= 0.6 is 0 Å². The van der Waals surface area contributed by atoms with E-state index in [1.807, 2.05) is 19.9 Å². The first-order valence-electron chi connectivity index (χ1n) is 8.88. The van der Waals surface area contributed by atoms with Crippen LogP contribution in [0.4, 0.5) is 4.79 Å². The highest BCUT2D eigenvalue weighted by Gasteiger charge is 2.26. The maximum Gasteiger partial charge on any atom is 0.409 e. The van der Waals surface area contributed by atoms with Gasteiger partial charge in [0.05, 0.1) is 13.2 Å². The Morgan fingerprint density at radius 2 is 1.62 bits per heavy atom. The van der Waals surface area contributed by atoms with Crippen molar-refractivity contribution < 1.29 is 19.1 Å². The van der Waals surface area contributed by atoms with Gasteiger partial charge < -0.3 is 19.4 Å². The summed E-state index contributed by atoms with van der Waals surface area (Å²) >= 11 is 0. The molecule has 0 N–H and O–H groups in total. The quantitative estimate of drug-likeness (QED) is 0.800. The van der Waals surface area contributed by atoms with E-state index < -0.39 is 0 Å². The molecule has 0 aliphatic carbocycles. The molecule has 7 heteroatoms. The van der Waals surface area contributed by atoms with Crippen molar-refractivity contribution in [3.8, 4) is 0 Å². The Labute approximate surface area is 154 Å². The number of likely N-dealkylation sites (N-methyl/N-ethyl adjacent to an activating group) is 1. The number of carbonyl (C=O) groups excluding carboxylic acids is 3. The van der Waals surface area contributed by atoms with Crippen LogP contribution in [0, 0.1) is 5.92 Å². The number of rotatable bonds is 5. The lowest BCUT2D eigenvalue weighted by molar-refractivity contribution is -0.133. The summed E-state index contributed by atoms with van der Waals surface area (Å²) in [7, 11) is 1.62. The molecule has 2 rings (SSSR count). The Balaban J connectivity index is 1.79. The highest BCUT2D eigenvalue weighted by Crippen LogP contribution is 2.08. The summed E-state index contributed by atoms with van der Waals surface area (Å²) in [6.07, 6.45) is -0.331. The maximum absolute atomic E-state index is 12.4. The summed E-state index contributed by atoms with van der Waals surface area (Å²) in [5.74, 6) is -0.0127. The lowest BCUT2D eigenvalue weighted by Gasteiger charge is -2.35. The van der Waals surface area contributed by atoms with Crippen molar-refractivity contribution in [2.75, 3.05) is 46.4 Å². The molecule has 7 nitrogen and oxygen atoms in total. The molecule has 0 unspecified atom stereocenters. The van der Waals surface area contributed by atoms with E-state index in [1.165, 1.54) is 4.90 Å². The molecule has 26 heavy (non-hydrogen) atoms. The van der Waals surface area contributed by atoms with Gasteiger partial charge in [-0.15, -0.1) is 0 Å². The monoisotopic (exact) mass is 361 g/mol. The lowest BCUT2D eigenvalue weighted by Crippen LogP contribution is -2.53. The largest absolute Gasteiger partial charge is 0.449 e. The molecule has 1 fully saturated rings. The Bertz CT molecular complexity index is 625. The van der Waals surface area contributed by atoms with Gasteiger partial charge in [0, 0.05) is 38.8 Å². The van der Waals surface area contributed by atoms with Crippen LogP contribution in [-0.4, -0.2) is 79.0 Å². The molecule has 1 aromatic carbocycles. The molecule has 0 bridgehead atoms.